The minimum atomic E-state index is 0.281. The molecule has 0 fully saturated rings. The summed E-state index contributed by atoms with van der Waals surface area (Å²) in [5, 5.41) is 0. The molecule has 0 radical (unpaired) electrons. The molecule has 0 saturated carbocycles. The highest BCUT2D eigenvalue weighted by Gasteiger charge is 2.36. The van der Waals surface area contributed by atoms with Gasteiger partial charge in [0.2, 0.25) is 0 Å². The van der Waals surface area contributed by atoms with Gasteiger partial charge in [-0.1, -0.05) is 83.9 Å². The van der Waals surface area contributed by atoms with Gasteiger partial charge in [0.05, 0.1) is 17.8 Å². The van der Waals surface area contributed by atoms with Crippen LogP contribution in [0.3, 0.4) is 0 Å². The van der Waals surface area contributed by atoms with Gasteiger partial charge in [-0.3, -0.25) is 4.98 Å². The SMILES string of the molecule is Cc1cc(C)cc(C2=CC3c4ccccc4[C@@H](CCc4ccccc4-c4ccccn4)N3C=C2)c1. The predicted octanol–water partition coefficient (Wildman–Crippen LogP) is 8.01. The Morgan fingerprint density at radius 3 is 2.34 bits per heavy atom. The number of allylic oxidation sites excluding steroid dienone is 2. The van der Waals surface area contributed by atoms with Crippen LogP contribution in [-0.2, 0) is 6.42 Å². The highest BCUT2D eigenvalue weighted by molar-refractivity contribution is 5.77. The second-order valence-electron chi connectivity index (χ2n) is 9.76. The van der Waals surface area contributed by atoms with Gasteiger partial charge < -0.3 is 4.90 Å². The van der Waals surface area contributed by atoms with Crippen molar-refractivity contribution in [1.29, 1.82) is 0 Å². The van der Waals surface area contributed by atoms with Crippen molar-refractivity contribution in [3.05, 3.63) is 143 Å². The van der Waals surface area contributed by atoms with Gasteiger partial charge in [0.25, 0.3) is 0 Å². The largest absolute Gasteiger partial charge is 0.360 e. The van der Waals surface area contributed by atoms with Crippen molar-refractivity contribution >= 4 is 5.57 Å². The van der Waals surface area contributed by atoms with E-state index in [0.717, 1.165) is 18.5 Å². The number of aryl methyl sites for hydroxylation is 3. The maximum Gasteiger partial charge on any atom is 0.0739 e. The van der Waals surface area contributed by atoms with Crippen LogP contribution in [0, 0.1) is 13.8 Å². The van der Waals surface area contributed by atoms with Crippen LogP contribution in [0.5, 0.6) is 0 Å². The third kappa shape index (κ3) is 4.10. The Hall–Kier alpha value is -3.91. The van der Waals surface area contributed by atoms with Gasteiger partial charge in [-0.25, -0.2) is 0 Å². The van der Waals surface area contributed by atoms with Gasteiger partial charge >= 0.3 is 0 Å². The van der Waals surface area contributed by atoms with Gasteiger partial charge in [-0.05, 0) is 78.8 Å². The molecule has 2 heteroatoms. The first-order valence-electron chi connectivity index (χ1n) is 12.5. The number of fused-ring (bicyclic) bond motifs is 3. The minimum Gasteiger partial charge on any atom is -0.360 e. The first-order valence-corrected chi connectivity index (χ1v) is 12.5. The average molecular weight is 455 g/mol. The smallest absolute Gasteiger partial charge is 0.0739 e. The number of pyridine rings is 1. The van der Waals surface area contributed by atoms with E-state index in [-0.39, 0.29) is 6.04 Å². The Labute approximate surface area is 208 Å². The number of benzene rings is 3. The topological polar surface area (TPSA) is 16.1 Å². The molecule has 3 aromatic carbocycles. The third-order valence-corrected chi connectivity index (χ3v) is 7.32. The van der Waals surface area contributed by atoms with Crippen LogP contribution >= 0.6 is 0 Å². The van der Waals surface area contributed by atoms with Crippen LogP contribution < -0.4 is 0 Å². The molecule has 1 unspecified atom stereocenters. The van der Waals surface area contributed by atoms with Crippen molar-refractivity contribution in [2.45, 2.75) is 38.8 Å². The lowest BCUT2D eigenvalue weighted by atomic mass is 9.94. The summed E-state index contributed by atoms with van der Waals surface area (Å²) in [7, 11) is 0. The zero-order valence-corrected chi connectivity index (χ0v) is 20.4. The molecule has 35 heavy (non-hydrogen) atoms. The summed E-state index contributed by atoms with van der Waals surface area (Å²) in [4.78, 5) is 7.17. The molecule has 3 heterocycles. The minimum absolute atomic E-state index is 0.281. The van der Waals surface area contributed by atoms with E-state index in [9.17, 15) is 0 Å². The number of rotatable bonds is 5. The van der Waals surface area contributed by atoms with Crippen molar-refractivity contribution in [1.82, 2.24) is 9.88 Å². The molecule has 2 nitrogen and oxygen atoms in total. The highest BCUT2D eigenvalue weighted by Crippen LogP contribution is 2.48. The maximum atomic E-state index is 4.61. The average Bonchev–Trinajstić information content (AvgIpc) is 3.20. The molecule has 4 aromatic rings. The Bertz CT molecular complexity index is 1410. The molecular formula is C33H30N2. The molecule has 1 aromatic heterocycles. The summed E-state index contributed by atoms with van der Waals surface area (Å²) < 4.78 is 0. The monoisotopic (exact) mass is 454 g/mol. The Morgan fingerprint density at radius 2 is 1.54 bits per heavy atom. The zero-order valence-electron chi connectivity index (χ0n) is 20.4. The Balaban J connectivity index is 1.30. The summed E-state index contributed by atoms with van der Waals surface area (Å²) in [6.45, 7) is 4.36. The molecule has 0 amide bonds. The lowest BCUT2D eigenvalue weighted by Gasteiger charge is -2.31. The normalized spacial score (nSPS) is 18.2. The van der Waals surface area contributed by atoms with E-state index in [1.54, 1.807) is 0 Å². The zero-order chi connectivity index (χ0) is 23.8. The van der Waals surface area contributed by atoms with Crippen LogP contribution in [0.2, 0.25) is 0 Å². The predicted molar refractivity (Wildman–Crippen MR) is 145 cm³/mol. The summed E-state index contributed by atoms with van der Waals surface area (Å²) in [5.74, 6) is 0. The van der Waals surface area contributed by atoms with Crippen LogP contribution in [-0.4, -0.2) is 9.88 Å². The molecule has 0 saturated heterocycles. The van der Waals surface area contributed by atoms with E-state index >= 15 is 0 Å². The summed E-state index contributed by atoms with van der Waals surface area (Å²) in [6.07, 6.45) is 11.0. The molecule has 0 bridgehead atoms. The van der Waals surface area contributed by atoms with Crippen molar-refractivity contribution in [2.24, 2.45) is 0 Å². The molecular weight excluding hydrogens is 424 g/mol. The van der Waals surface area contributed by atoms with Crippen molar-refractivity contribution in [2.75, 3.05) is 0 Å². The first-order chi connectivity index (χ1) is 17.2. The summed E-state index contributed by atoms with van der Waals surface area (Å²) >= 11 is 0. The number of hydrogen-bond donors (Lipinski definition) is 0. The standard InChI is InChI=1S/C33H30N2/c1-23-19-24(2)21-27(20-23)26-16-18-35-32(29-11-5-6-12-30(29)33(35)22-26)15-14-25-9-3-4-10-28(25)31-13-7-8-17-34-31/h3-13,16-22,32-33H,14-15H2,1-2H3/t32-,33?/m1/s1. The summed E-state index contributed by atoms with van der Waals surface area (Å²) in [6, 6.07) is 31.3. The first kappa shape index (κ1) is 21.6. The van der Waals surface area contributed by atoms with Gasteiger partial charge in [-0.2, -0.15) is 0 Å². The molecule has 0 aliphatic carbocycles. The molecule has 2 atom stereocenters. The fourth-order valence-corrected chi connectivity index (χ4v) is 5.80. The molecule has 172 valence electrons. The van der Waals surface area contributed by atoms with Crippen molar-refractivity contribution < 1.29 is 0 Å². The lowest BCUT2D eigenvalue weighted by molar-refractivity contribution is 0.259. The van der Waals surface area contributed by atoms with Crippen molar-refractivity contribution in [3.8, 4) is 11.3 Å². The van der Waals surface area contributed by atoms with E-state index in [2.05, 4.69) is 121 Å². The van der Waals surface area contributed by atoms with Crippen LogP contribution in [0.1, 0.15) is 51.9 Å². The highest BCUT2D eigenvalue weighted by atomic mass is 15.2. The second-order valence-corrected chi connectivity index (χ2v) is 9.76. The summed E-state index contributed by atoms with van der Waals surface area (Å²) in [5.41, 5.74) is 11.8. The molecule has 0 N–H and O–H groups in total. The lowest BCUT2D eigenvalue weighted by Crippen LogP contribution is -2.22. The van der Waals surface area contributed by atoms with Gasteiger partial charge in [-0.15, -0.1) is 0 Å². The quantitative estimate of drug-likeness (QED) is 0.304. The molecule has 2 aliphatic heterocycles. The number of aromatic nitrogens is 1. The Morgan fingerprint density at radius 1 is 0.800 bits per heavy atom. The molecule has 2 aliphatic rings. The van der Waals surface area contributed by atoms with E-state index in [0.29, 0.717) is 6.04 Å². The fraction of sp³-hybridized carbons (Fsp3) is 0.182. The van der Waals surface area contributed by atoms with Gasteiger partial charge in [0.15, 0.2) is 0 Å². The van der Waals surface area contributed by atoms with Crippen molar-refractivity contribution in [3.63, 3.8) is 0 Å². The van der Waals surface area contributed by atoms with Gasteiger partial charge in [0, 0.05) is 18.0 Å². The fourth-order valence-electron chi connectivity index (χ4n) is 5.80. The second kappa shape index (κ2) is 9.03. The number of hydrogen-bond acceptors (Lipinski definition) is 2. The van der Waals surface area contributed by atoms with Gasteiger partial charge in [0.1, 0.15) is 0 Å². The maximum absolute atomic E-state index is 4.61. The number of nitrogens with zero attached hydrogens (tertiary/aromatic N) is 2. The van der Waals surface area contributed by atoms with E-state index in [1.807, 2.05) is 12.3 Å². The van der Waals surface area contributed by atoms with Crippen LogP contribution in [0.15, 0.2) is 109 Å². The van der Waals surface area contributed by atoms with E-state index in [1.165, 1.54) is 44.5 Å². The van der Waals surface area contributed by atoms with E-state index < -0.39 is 0 Å². The van der Waals surface area contributed by atoms with Crippen LogP contribution in [0.25, 0.3) is 16.8 Å². The third-order valence-electron chi connectivity index (χ3n) is 7.32. The molecule has 0 spiro atoms. The molecule has 6 rings (SSSR count). The Kier molecular flexibility index (Phi) is 5.58. The van der Waals surface area contributed by atoms with Crippen LogP contribution in [0.4, 0.5) is 0 Å². The van der Waals surface area contributed by atoms with E-state index in [4.69, 9.17) is 0 Å².